The standard InChI is InChI=1S/C20H24N2O5S/c1-15-3-8-19(16(2)13-15)21-20(23)14-27-17-4-6-18(7-5-17)28(24,25)22-9-11-26-12-10-22/h3-8,13H,9-12,14H2,1-2H3,(H,21,23). The van der Waals surface area contributed by atoms with Crippen LogP contribution in [-0.4, -0.2) is 51.5 Å². The molecule has 2 aromatic carbocycles. The first-order valence-electron chi connectivity index (χ1n) is 9.04. The molecule has 1 saturated heterocycles. The van der Waals surface area contributed by atoms with E-state index in [1.54, 1.807) is 12.1 Å². The SMILES string of the molecule is Cc1ccc(NC(=O)COc2ccc(S(=O)(=O)N3CCOCC3)cc2)c(C)c1. The molecule has 8 heteroatoms. The van der Waals surface area contributed by atoms with Crippen molar-refractivity contribution in [2.24, 2.45) is 0 Å². The first-order valence-corrected chi connectivity index (χ1v) is 10.5. The molecule has 1 heterocycles. The van der Waals surface area contributed by atoms with Crippen LogP contribution >= 0.6 is 0 Å². The van der Waals surface area contributed by atoms with E-state index in [4.69, 9.17) is 9.47 Å². The average molecular weight is 404 g/mol. The van der Waals surface area contributed by atoms with Crippen LogP contribution in [0.25, 0.3) is 0 Å². The molecule has 0 unspecified atom stereocenters. The minimum Gasteiger partial charge on any atom is -0.484 e. The second kappa shape index (κ2) is 8.72. The van der Waals surface area contributed by atoms with Crippen LogP contribution in [0, 0.1) is 13.8 Å². The van der Waals surface area contributed by atoms with E-state index < -0.39 is 10.0 Å². The Kier molecular flexibility index (Phi) is 6.33. The molecule has 0 aliphatic carbocycles. The summed E-state index contributed by atoms with van der Waals surface area (Å²) in [7, 11) is -3.54. The van der Waals surface area contributed by atoms with Gasteiger partial charge in [-0.3, -0.25) is 4.79 Å². The number of rotatable bonds is 6. The molecule has 2 aromatic rings. The van der Waals surface area contributed by atoms with Crippen LogP contribution in [-0.2, 0) is 19.6 Å². The summed E-state index contributed by atoms with van der Waals surface area (Å²) in [6.07, 6.45) is 0. The van der Waals surface area contributed by atoms with Gasteiger partial charge in [-0.2, -0.15) is 4.31 Å². The van der Waals surface area contributed by atoms with Gasteiger partial charge < -0.3 is 14.8 Å². The van der Waals surface area contributed by atoms with Gasteiger partial charge in [0.1, 0.15) is 5.75 Å². The van der Waals surface area contributed by atoms with E-state index in [1.165, 1.54) is 16.4 Å². The molecule has 0 spiro atoms. The number of amides is 1. The summed E-state index contributed by atoms with van der Waals surface area (Å²) in [5, 5.41) is 2.81. The Labute approximate surface area is 165 Å². The second-order valence-corrected chi connectivity index (χ2v) is 8.58. The third kappa shape index (κ3) is 4.89. The third-order valence-corrected chi connectivity index (χ3v) is 6.37. The highest BCUT2D eigenvalue weighted by Gasteiger charge is 2.26. The summed E-state index contributed by atoms with van der Waals surface area (Å²) in [5.41, 5.74) is 2.84. The Balaban J connectivity index is 1.57. The zero-order valence-corrected chi connectivity index (χ0v) is 16.8. The summed E-state index contributed by atoms with van der Waals surface area (Å²) in [6.45, 7) is 5.25. The van der Waals surface area contributed by atoms with Crippen LogP contribution in [0.2, 0.25) is 0 Å². The number of anilines is 1. The number of nitrogens with one attached hydrogen (secondary N) is 1. The number of hydrogen-bond acceptors (Lipinski definition) is 5. The van der Waals surface area contributed by atoms with Crippen molar-refractivity contribution in [3.05, 3.63) is 53.6 Å². The predicted octanol–water partition coefficient (Wildman–Crippen LogP) is 2.34. The number of benzene rings is 2. The van der Waals surface area contributed by atoms with Crippen LogP contribution in [0.3, 0.4) is 0 Å². The van der Waals surface area contributed by atoms with Gasteiger partial charge >= 0.3 is 0 Å². The van der Waals surface area contributed by atoms with E-state index in [9.17, 15) is 13.2 Å². The lowest BCUT2D eigenvalue weighted by molar-refractivity contribution is -0.118. The minimum absolute atomic E-state index is 0.164. The van der Waals surface area contributed by atoms with Crippen LogP contribution < -0.4 is 10.1 Å². The summed E-state index contributed by atoms with van der Waals surface area (Å²) in [5.74, 6) is 0.147. The number of aryl methyl sites for hydroxylation is 2. The normalized spacial score (nSPS) is 15.2. The molecule has 7 nitrogen and oxygen atoms in total. The van der Waals surface area contributed by atoms with E-state index in [2.05, 4.69) is 5.32 Å². The lowest BCUT2D eigenvalue weighted by Crippen LogP contribution is -2.40. The Morgan fingerprint density at radius 2 is 1.79 bits per heavy atom. The van der Waals surface area contributed by atoms with Gasteiger partial charge in [0.25, 0.3) is 5.91 Å². The highest BCUT2D eigenvalue weighted by Crippen LogP contribution is 2.21. The fraction of sp³-hybridized carbons (Fsp3) is 0.350. The molecule has 1 N–H and O–H groups in total. The largest absolute Gasteiger partial charge is 0.484 e. The van der Waals surface area contributed by atoms with Gasteiger partial charge in [0.15, 0.2) is 6.61 Å². The predicted molar refractivity (Wildman–Crippen MR) is 106 cm³/mol. The zero-order valence-electron chi connectivity index (χ0n) is 16.0. The smallest absolute Gasteiger partial charge is 0.262 e. The fourth-order valence-electron chi connectivity index (χ4n) is 2.93. The third-order valence-electron chi connectivity index (χ3n) is 4.46. The quantitative estimate of drug-likeness (QED) is 0.799. The van der Waals surface area contributed by atoms with Gasteiger partial charge in [0.2, 0.25) is 10.0 Å². The van der Waals surface area contributed by atoms with E-state index >= 15 is 0 Å². The van der Waals surface area contributed by atoms with E-state index in [-0.39, 0.29) is 17.4 Å². The van der Waals surface area contributed by atoms with Gasteiger partial charge in [-0.1, -0.05) is 17.7 Å². The van der Waals surface area contributed by atoms with Crippen molar-refractivity contribution in [1.29, 1.82) is 0 Å². The number of sulfonamides is 1. The highest BCUT2D eigenvalue weighted by molar-refractivity contribution is 7.89. The number of morpholine rings is 1. The molecule has 0 bridgehead atoms. The molecule has 150 valence electrons. The molecule has 0 aromatic heterocycles. The van der Waals surface area contributed by atoms with Crippen molar-refractivity contribution in [2.45, 2.75) is 18.7 Å². The molecular weight excluding hydrogens is 380 g/mol. The Hall–Kier alpha value is -2.42. The average Bonchev–Trinajstić information content (AvgIpc) is 2.69. The van der Waals surface area contributed by atoms with Gasteiger partial charge in [0, 0.05) is 18.8 Å². The summed E-state index contributed by atoms with van der Waals surface area (Å²) < 4.78 is 37.3. The maximum absolute atomic E-state index is 12.6. The summed E-state index contributed by atoms with van der Waals surface area (Å²) in [6, 6.07) is 11.9. The minimum atomic E-state index is -3.54. The van der Waals surface area contributed by atoms with Gasteiger partial charge in [0.05, 0.1) is 18.1 Å². The monoisotopic (exact) mass is 404 g/mol. The van der Waals surface area contributed by atoms with Crippen molar-refractivity contribution >= 4 is 21.6 Å². The highest BCUT2D eigenvalue weighted by atomic mass is 32.2. The van der Waals surface area contributed by atoms with Crippen molar-refractivity contribution in [3.8, 4) is 5.75 Å². The summed E-state index contributed by atoms with van der Waals surface area (Å²) in [4.78, 5) is 12.3. The van der Waals surface area contributed by atoms with Gasteiger partial charge in [-0.05, 0) is 49.7 Å². The van der Waals surface area contributed by atoms with Crippen LogP contribution in [0.1, 0.15) is 11.1 Å². The van der Waals surface area contributed by atoms with Crippen molar-refractivity contribution in [1.82, 2.24) is 4.31 Å². The first kappa shape index (κ1) is 20.3. The molecule has 0 radical (unpaired) electrons. The van der Waals surface area contributed by atoms with Gasteiger partial charge in [-0.15, -0.1) is 0 Å². The molecular formula is C20H24N2O5S. The molecule has 28 heavy (non-hydrogen) atoms. The van der Waals surface area contributed by atoms with Crippen LogP contribution in [0.4, 0.5) is 5.69 Å². The number of ether oxygens (including phenoxy) is 2. The maximum atomic E-state index is 12.6. The van der Waals surface area contributed by atoms with E-state index in [0.717, 1.165) is 16.8 Å². The zero-order chi connectivity index (χ0) is 20.1. The Morgan fingerprint density at radius 1 is 1.11 bits per heavy atom. The number of hydrogen-bond donors (Lipinski definition) is 1. The van der Waals surface area contributed by atoms with Gasteiger partial charge in [-0.25, -0.2) is 8.42 Å². The fourth-order valence-corrected chi connectivity index (χ4v) is 4.34. The Morgan fingerprint density at radius 3 is 2.43 bits per heavy atom. The number of nitrogens with zero attached hydrogens (tertiary/aromatic N) is 1. The molecule has 1 aliphatic heterocycles. The van der Waals surface area contributed by atoms with Crippen molar-refractivity contribution < 1.29 is 22.7 Å². The molecule has 1 amide bonds. The van der Waals surface area contributed by atoms with Crippen molar-refractivity contribution in [2.75, 3.05) is 38.2 Å². The van der Waals surface area contributed by atoms with Crippen LogP contribution in [0.5, 0.6) is 5.75 Å². The van der Waals surface area contributed by atoms with E-state index in [1.807, 2.05) is 32.0 Å². The maximum Gasteiger partial charge on any atom is 0.262 e. The molecule has 0 atom stereocenters. The van der Waals surface area contributed by atoms with Crippen LogP contribution in [0.15, 0.2) is 47.4 Å². The Bertz CT molecular complexity index is 936. The topological polar surface area (TPSA) is 84.9 Å². The number of carbonyl (C=O) groups is 1. The molecule has 3 rings (SSSR count). The molecule has 0 saturated carbocycles. The molecule has 1 fully saturated rings. The van der Waals surface area contributed by atoms with Crippen molar-refractivity contribution in [3.63, 3.8) is 0 Å². The second-order valence-electron chi connectivity index (χ2n) is 6.64. The first-order chi connectivity index (χ1) is 13.4. The lowest BCUT2D eigenvalue weighted by Gasteiger charge is -2.26. The molecule has 1 aliphatic rings. The lowest BCUT2D eigenvalue weighted by atomic mass is 10.1. The summed E-state index contributed by atoms with van der Waals surface area (Å²) >= 11 is 0. The number of carbonyl (C=O) groups excluding carboxylic acids is 1. The van der Waals surface area contributed by atoms with E-state index in [0.29, 0.717) is 32.1 Å².